The molecule has 1 aliphatic rings. The summed E-state index contributed by atoms with van der Waals surface area (Å²) in [6.07, 6.45) is 4.37. The van der Waals surface area contributed by atoms with Gasteiger partial charge < -0.3 is 5.11 Å². The van der Waals surface area contributed by atoms with Crippen LogP contribution in [0.25, 0.3) is 0 Å². The zero-order valence-corrected chi connectivity index (χ0v) is 13.7. The van der Waals surface area contributed by atoms with Crippen molar-refractivity contribution in [3.05, 3.63) is 34.6 Å². The van der Waals surface area contributed by atoms with Gasteiger partial charge in [-0.25, -0.2) is 4.39 Å². The van der Waals surface area contributed by atoms with Crippen LogP contribution < -0.4 is 0 Å². The van der Waals surface area contributed by atoms with E-state index in [9.17, 15) is 9.50 Å². The molecule has 0 aliphatic heterocycles. The molecule has 1 atom stereocenters. The molecule has 0 bridgehead atoms. The Hall–Kier alpha value is -0.640. The third-order valence-electron chi connectivity index (χ3n) is 4.91. The average Bonchev–Trinajstić information content (AvgIpc) is 2.94. The van der Waals surface area contributed by atoms with Gasteiger partial charge in [-0.15, -0.1) is 0 Å². The number of rotatable bonds is 6. The first-order valence-electron chi connectivity index (χ1n) is 7.90. The van der Waals surface area contributed by atoms with Crippen LogP contribution in [0.2, 0.25) is 5.02 Å². The van der Waals surface area contributed by atoms with Crippen molar-refractivity contribution < 1.29 is 9.50 Å². The number of aliphatic hydroxyl groups excluding tert-OH is 1. The second-order valence-corrected chi connectivity index (χ2v) is 6.35. The normalized spacial score (nSPS) is 19.1. The van der Waals surface area contributed by atoms with E-state index in [1.54, 1.807) is 6.07 Å². The lowest BCUT2D eigenvalue weighted by Crippen LogP contribution is -2.55. The minimum absolute atomic E-state index is 0.152. The molecule has 2 nitrogen and oxygen atoms in total. The van der Waals surface area contributed by atoms with Gasteiger partial charge in [0.2, 0.25) is 0 Å². The summed E-state index contributed by atoms with van der Waals surface area (Å²) in [5.74, 6) is -0.336. The van der Waals surface area contributed by atoms with Gasteiger partial charge in [0.25, 0.3) is 0 Å². The Kier molecular flexibility index (Phi) is 5.64. The van der Waals surface area contributed by atoms with E-state index in [2.05, 4.69) is 18.7 Å². The average molecular weight is 314 g/mol. The van der Waals surface area contributed by atoms with E-state index >= 15 is 0 Å². The van der Waals surface area contributed by atoms with Crippen molar-refractivity contribution in [2.75, 3.05) is 13.1 Å². The van der Waals surface area contributed by atoms with Crippen LogP contribution in [0, 0.1) is 5.82 Å². The molecule has 0 aromatic heterocycles. The molecule has 1 N–H and O–H groups in total. The zero-order valence-electron chi connectivity index (χ0n) is 12.9. The summed E-state index contributed by atoms with van der Waals surface area (Å²) in [6, 6.07) is 4.42. The standard InChI is InChI=1S/C17H25ClFNO/c1-3-20(4-2)17(9-5-6-10-17)16(21)11-13-7-8-14(19)12-15(13)18/h7-8,12,16,21H,3-6,9-11H2,1-2H3. The van der Waals surface area contributed by atoms with E-state index < -0.39 is 6.10 Å². The Morgan fingerprint density at radius 2 is 1.90 bits per heavy atom. The van der Waals surface area contributed by atoms with E-state index in [0.29, 0.717) is 11.4 Å². The lowest BCUT2D eigenvalue weighted by atomic mass is 9.84. The highest BCUT2D eigenvalue weighted by molar-refractivity contribution is 6.31. The molecular weight excluding hydrogens is 289 g/mol. The highest BCUT2D eigenvalue weighted by Gasteiger charge is 2.44. The van der Waals surface area contributed by atoms with E-state index in [0.717, 1.165) is 44.3 Å². The molecule has 1 aromatic rings. The minimum Gasteiger partial charge on any atom is -0.391 e. The van der Waals surface area contributed by atoms with E-state index in [1.165, 1.54) is 12.1 Å². The second kappa shape index (κ2) is 7.08. The molecule has 0 spiro atoms. The summed E-state index contributed by atoms with van der Waals surface area (Å²) in [5.41, 5.74) is 0.672. The first-order chi connectivity index (χ1) is 10.0. The highest BCUT2D eigenvalue weighted by Crippen LogP contribution is 2.39. The molecule has 0 amide bonds. The Morgan fingerprint density at radius 3 is 2.43 bits per heavy atom. The molecule has 1 aliphatic carbocycles. The van der Waals surface area contributed by atoms with Gasteiger partial charge >= 0.3 is 0 Å². The second-order valence-electron chi connectivity index (χ2n) is 5.94. The van der Waals surface area contributed by atoms with Crippen molar-refractivity contribution in [3.8, 4) is 0 Å². The van der Waals surface area contributed by atoms with E-state index in [-0.39, 0.29) is 11.4 Å². The number of hydrogen-bond acceptors (Lipinski definition) is 2. The lowest BCUT2D eigenvalue weighted by Gasteiger charge is -2.44. The summed E-state index contributed by atoms with van der Waals surface area (Å²) in [4.78, 5) is 2.38. The predicted molar refractivity (Wildman–Crippen MR) is 85.2 cm³/mol. The summed E-state index contributed by atoms with van der Waals surface area (Å²) >= 11 is 6.11. The van der Waals surface area contributed by atoms with Gasteiger partial charge in [0.1, 0.15) is 5.82 Å². The van der Waals surface area contributed by atoms with Crippen LogP contribution in [0.4, 0.5) is 4.39 Å². The molecule has 1 unspecified atom stereocenters. The Balaban J connectivity index is 2.21. The quantitative estimate of drug-likeness (QED) is 0.857. The van der Waals surface area contributed by atoms with Crippen LogP contribution in [0.3, 0.4) is 0 Å². The van der Waals surface area contributed by atoms with Crippen LogP contribution in [0.5, 0.6) is 0 Å². The summed E-state index contributed by atoms with van der Waals surface area (Å²) in [5, 5.41) is 11.3. The van der Waals surface area contributed by atoms with Crippen LogP contribution >= 0.6 is 11.6 Å². The van der Waals surface area contributed by atoms with Gasteiger partial charge in [-0.1, -0.05) is 44.4 Å². The topological polar surface area (TPSA) is 23.5 Å². The van der Waals surface area contributed by atoms with Crippen LogP contribution in [-0.2, 0) is 6.42 Å². The summed E-state index contributed by atoms with van der Waals surface area (Å²) in [6.45, 7) is 6.15. The predicted octanol–water partition coefficient (Wildman–Crippen LogP) is 4.04. The van der Waals surface area contributed by atoms with Gasteiger partial charge in [-0.3, -0.25) is 4.90 Å². The fourth-order valence-corrected chi connectivity index (χ4v) is 4.03. The van der Waals surface area contributed by atoms with Crippen molar-refractivity contribution in [1.82, 2.24) is 4.90 Å². The van der Waals surface area contributed by atoms with Gasteiger partial charge in [0.15, 0.2) is 0 Å². The first kappa shape index (κ1) is 16.7. The van der Waals surface area contributed by atoms with Crippen molar-refractivity contribution in [1.29, 1.82) is 0 Å². The number of benzene rings is 1. The molecular formula is C17H25ClFNO. The van der Waals surface area contributed by atoms with Crippen LogP contribution in [0.15, 0.2) is 18.2 Å². The maximum absolute atomic E-state index is 13.1. The molecule has 4 heteroatoms. The van der Waals surface area contributed by atoms with Crippen LogP contribution in [-0.4, -0.2) is 34.7 Å². The SMILES string of the molecule is CCN(CC)C1(C(O)Cc2ccc(F)cc2Cl)CCCC1. The maximum Gasteiger partial charge on any atom is 0.124 e. The molecule has 1 fully saturated rings. The first-order valence-corrected chi connectivity index (χ1v) is 8.28. The van der Waals surface area contributed by atoms with Crippen molar-refractivity contribution in [3.63, 3.8) is 0 Å². The molecule has 1 saturated carbocycles. The van der Waals surface area contributed by atoms with Gasteiger partial charge in [-0.2, -0.15) is 0 Å². The van der Waals surface area contributed by atoms with Gasteiger partial charge in [0, 0.05) is 17.0 Å². The summed E-state index contributed by atoms with van der Waals surface area (Å²) in [7, 11) is 0. The Labute approximate surface area is 131 Å². The molecule has 21 heavy (non-hydrogen) atoms. The highest BCUT2D eigenvalue weighted by atomic mass is 35.5. The zero-order chi connectivity index (χ0) is 15.5. The molecule has 0 saturated heterocycles. The van der Waals surface area contributed by atoms with Crippen molar-refractivity contribution in [2.45, 2.75) is 57.6 Å². The largest absolute Gasteiger partial charge is 0.391 e. The van der Waals surface area contributed by atoms with E-state index in [4.69, 9.17) is 11.6 Å². The van der Waals surface area contributed by atoms with Crippen molar-refractivity contribution in [2.24, 2.45) is 0 Å². The smallest absolute Gasteiger partial charge is 0.124 e. The number of likely N-dealkylation sites (N-methyl/N-ethyl adjacent to an activating group) is 1. The number of nitrogens with zero attached hydrogens (tertiary/aromatic N) is 1. The van der Waals surface area contributed by atoms with Crippen molar-refractivity contribution >= 4 is 11.6 Å². The van der Waals surface area contributed by atoms with Crippen LogP contribution in [0.1, 0.15) is 45.1 Å². The fourth-order valence-electron chi connectivity index (χ4n) is 3.79. The molecule has 118 valence electrons. The lowest BCUT2D eigenvalue weighted by molar-refractivity contribution is -0.0244. The van der Waals surface area contributed by atoms with E-state index in [1.807, 2.05) is 0 Å². The number of hydrogen-bond donors (Lipinski definition) is 1. The number of aliphatic hydroxyl groups is 1. The van der Waals surface area contributed by atoms with Gasteiger partial charge in [0.05, 0.1) is 6.10 Å². The third-order valence-corrected chi connectivity index (χ3v) is 5.26. The van der Waals surface area contributed by atoms with Gasteiger partial charge in [-0.05, 0) is 43.6 Å². The molecule has 2 rings (SSSR count). The molecule has 1 aromatic carbocycles. The Bertz CT molecular complexity index is 470. The Morgan fingerprint density at radius 1 is 1.29 bits per heavy atom. The third kappa shape index (κ3) is 3.41. The number of halogens is 2. The minimum atomic E-state index is -0.470. The monoisotopic (exact) mass is 313 g/mol. The molecule has 0 radical (unpaired) electrons. The maximum atomic E-state index is 13.1. The molecule has 0 heterocycles. The summed E-state index contributed by atoms with van der Waals surface area (Å²) < 4.78 is 13.1. The fraction of sp³-hybridized carbons (Fsp3) is 0.647.